The van der Waals surface area contributed by atoms with E-state index in [0.717, 1.165) is 5.56 Å². The number of hydroxylamine groups is 2. The zero-order valence-electron chi connectivity index (χ0n) is 12.0. The van der Waals surface area contributed by atoms with E-state index >= 15 is 0 Å². The first-order valence-electron chi connectivity index (χ1n) is 6.54. The molecule has 0 radical (unpaired) electrons. The lowest BCUT2D eigenvalue weighted by Crippen LogP contribution is -2.31. The number of hydrogen-bond acceptors (Lipinski definition) is 5. The lowest BCUT2D eigenvalue weighted by molar-refractivity contribution is -0.0833. The molecule has 0 aromatic heterocycles. The van der Waals surface area contributed by atoms with Crippen molar-refractivity contribution in [3.63, 3.8) is 0 Å². The summed E-state index contributed by atoms with van der Waals surface area (Å²) in [5.41, 5.74) is 0.830. The van der Waals surface area contributed by atoms with E-state index in [1.165, 1.54) is 7.05 Å². The van der Waals surface area contributed by atoms with Crippen molar-refractivity contribution in [3.05, 3.63) is 66.2 Å². The first kappa shape index (κ1) is 15.4. The maximum Gasteiger partial charge on any atom is 0.539 e. The molecule has 0 heterocycles. The highest BCUT2D eigenvalue weighted by Crippen LogP contribution is 2.10. The second-order valence-electron chi connectivity index (χ2n) is 4.29. The SMILES string of the molecule is CN(OC(=O)Oc1ccccc1)C(=O)OCc1ccccc1. The minimum Gasteiger partial charge on any atom is -0.442 e. The third kappa shape index (κ3) is 4.82. The first-order chi connectivity index (χ1) is 10.6. The van der Waals surface area contributed by atoms with Gasteiger partial charge in [-0.3, -0.25) is 0 Å². The highest BCUT2D eigenvalue weighted by molar-refractivity contribution is 5.70. The molecule has 0 aliphatic rings. The molecule has 6 heteroatoms. The van der Waals surface area contributed by atoms with Gasteiger partial charge in [-0.2, -0.15) is 0 Å². The number of nitrogens with zero attached hydrogens (tertiary/aromatic N) is 1. The summed E-state index contributed by atoms with van der Waals surface area (Å²) in [6.07, 6.45) is -1.82. The van der Waals surface area contributed by atoms with Gasteiger partial charge in [-0.1, -0.05) is 48.5 Å². The highest BCUT2D eigenvalue weighted by atomic mass is 16.8. The Morgan fingerprint density at radius 3 is 2.18 bits per heavy atom. The van der Waals surface area contributed by atoms with Crippen molar-refractivity contribution in [2.45, 2.75) is 6.61 Å². The largest absolute Gasteiger partial charge is 0.539 e. The van der Waals surface area contributed by atoms with E-state index in [4.69, 9.17) is 14.3 Å². The van der Waals surface area contributed by atoms with E-state index in [0.29, 0.717) is 10.8 Å². The fourth-order valence-electron chi connectivity index (χ4n) is 1.56. The molecule has 2 aromatic carbocycles. The Bertz CT molecular complexity index is 615. The van der Waals surface area contributed by atoms with Crippen molar-refractivity contribution in [2.24, 2.45) is 0 Å². The Balaban J connectivity index is 1.77. The van der Waals surface area contributed by atoms with Crippen LogP contribution in [0, 0.1) is 0 Å². The minimum absolute atomic E-state index is 0.0844. The molecule has 0 unspecified atom stereocenters. The quantitative estimate of drug-likeness (QED) is 0.494. The van der Waals surface area contributed by atoms with Crippen LogP contribution < -0.4 is 4.74 Å². The molecule has 0 aliphatic carbocycles. The van der Waals surface area contributed by atoms with Gasteiger partial charge in [-0.05, 0) is 17.7 Å². The fourth-order valence-corrected chi connectivity index (χ4v) is 1.56. The molecule has 0 spiro atoms. The molecule has 2 rings (SSSR count). The molecule has 1 amide bonds. The maximum atomic E-state index is 11.7. The molecule has 2 aromatic rings. The predicted octanol–water partition coefficient (Wildman–Crippen LogP) is 3.39. The van der Waals surface area contributed by atoms with Gasteiger partial charge in [0.05, 0.1) is 7.05 Å². The Hall–Kier alpha value is -3.02. The second-order valence-corrected chi connectivity index (χ2v) is 4.29. The number of carbonyl (C=O) groups is 2. The van der Waals surface area contributed by atoms with Crippen LogP contribution in [0.5, 0.6) is 5.75 Å². The molecule has 0 aliphatic heterocycles. The van der Waals surface area contributed by atoms with E-state index in [9.17, 15) is 9.59 Å². The molecule has 0 fully saturated rings. The average molecular weight is 301 g/mol. The summed E-state index contributed by atoms with van der Waals surface area (Å²) in [4.78, 5) is 27.9. The molecule has 114 valence electrons. The summed E-state index contributed by atoms with van der Waals surface area (Å²) < 4.78 is 9.88. The van der Waals surface area contributed by atoms with Crippen LogP contribution in [-0.2, 0) is 16.2 Å². The van der Waals surface area contributed by atoms with Gasteiger partial charge < -0.3 is 14.3 Å². The van der Waals surface area contributed by atoms with Gasteiger partial charge in [0.1, 0.15) is 12.4 Å². The lowest BCUT2D eigenvalue weighted by atomic mass is 10.2. The Morgan fingerprint density at radius 1 is 0.955 bits per heavy atom. The Labute approximate surface area is 127 Å². The fraction of sp³-hybridized carbons (Fsp3) is 0.125. The summed E-state index contributed by atoms with van der Waals surface area (Å²) in [6.45, 7) is 0.0844. The van der Waals surface area contributed by atoms with Crippen molar-refractivity contribution in [1.29, 1.82) is 0 Å². The normalized spacial score (nSPS) is 9.68. The van der Waals surface area contributed by atoms with Gasteiger partial charge in [0.15, 0.2) is 0 Å². The monoisotopic (exact) mass is 301 g/mol. The summed E-state index contributed by atoms with van der Waals surface area (Å²) in [6, 6.07) is 17.5. The molecule has 0 bridgehead atoms. The first-order valence-corrected chi connectivity index (χ1v) is 6.54. The third-order valence-electron chi connectivity index (χ3n) is 2.62. The average Bonchev–Trinajstić information content (AvgIpc) is 2.54. The van der Waals surface area contributed by atoms with Crippen LogP contribution in [0.1, 0.15) is 5.56 Å². The van der Waals surface area contributed by atoms with Gasteiger partial charge >= 0.3 is 12.2 Å². The van der Waals surface area contributed by atoms with Gasteiger partial charge in [0, 0.05) is 0 Å². The zero-order valence-corrected chi connectivity index (χ0v) is 12.0. The molecular weight excluding hydrogens is 286 g/mol. The second kappa shape index (κ2) is 7.68. The van der Waals surface area contributed by atoms with E-state index in [2.05, 4.69) is 0 Å². The van der Waals surface area contributed by atoms with Crippen LogP contribution in [0.4, 0.5) is 9.59 Å². The molecule has 0 saturated heterocycles. The smallest absolute Gasteiger partial charge is 0.442 e. The van der Waals surface area contributed by atoms with Crippen LogP contribution >= 0.6 is 0 Å². The van der Waals surface area contributed by atoms with Crippen molar-refractivity contribution in [1.82, 2.24) is 5.06 Å². The summed E-state index contributed by atoms with van der Waals surface area (Å²) >= 11 is 0. The zero-order chi connectivity index (χ0) is 15.8. The standard InChI is InChI=1S/C16H15NO5/c1-17(15(18)20-12-13-8-4-2-5-9-13)22-16(19)21-14-10-6-3-7-11-14/h2-11H,12H2,1H3. The minimum atomic E-state index is -1.02. The van der Waals surface area contributed by atoms with Crippen LogP contribution in [-0.4, -0.2) is 24.4 Å². The highest BCUT2D eigenvalue weighted by Gasteiger charge is 2.17. The summed E-state index contributed by atoms with van der Waals surface area (Å²) in [5.74, 6) is 0.318. The third-order valence-corrected chi connectivity index (χ3v) is 2.62. The van der Waals surface area contributed by atoms with Gasteiger partial charge in [0.2, 0.25) is 0 Å². The van der Waals surface area contributed by atoms with Crippen LogP contribution in [0.25, 0.3) is 0 Å². The molecule has 22 heavy (non-hydrogen) atoms. The Kier molecular flexibility index (Phi) is 5.37. The van der Waals surface area contributed by atoms with Crippen LogP contribution in [0.2, 0.25) is 0 Å². The van der Waals surface area contributed by atoms with Gasteiger partial charge in [-0.15, -0.1) is 5.06 Å². The van der Waals surface area contributed by atoms with E-state index in [1.807, 2.05) is 30.3 Å². The summed E-state index contributed by atoms with van der Waals surface area (Å²) in [7, 11) is 1.26. The number of para-hydroxylation sites is 1. The number of amides is 1. The molecule has 0 N–H and O–H groups in total. The summed E-state index contributed by atoms with van der Waals surface area (Å²) in [5, 5.41) is 0.675. The number of rotatable bonds is 3. The van der Waals surface area contributed by atoms with E-state index in [1.54, 1.807) is 30.3 Å². The van der Waals surface area contributed by atoms with Gasteiger partial charge in [-0.25, -0.2) is 9.59 Å². The van der Waals surface area contributed by atoms with Crippen molar-refractivity contribution in [3.8, 4) is 5.75 Å². The van der Waals surface area contributed by atoms with Gasteiger partial charge in [0.25, 0.3) is 0 Å². The molecule has 0 saturated carbocycles. The van der Waals surface area contributed by atoms with Crippen molar-refractivity contribution >= 4 is 12.2 Å². The van der Waals surface area contributed by atoms with E-state index in [-0.39, 0.29) is 6.61 Å². The van der Waals surface area contributed by atoms with Crippen molar-refractivity contribution < 1.29 is 23.9 Å². The van der Waals surface area contributed by atoms with Crippen molar-refractivity contribution in [2.75, 3.05) is 7.05 Å². The number of hydrogen-bond donors (Lipinski definition) is 0. The topological polar surface area (TPSA) is 65.1 Å². The maximum absolute atomic E-state index is 11.7. The van der Waals surface area contributed by atoms with Crippen LogP contribution in [0.3, 0.4) is 0 Å². The lowest BCUT2D eigenvalue weighted by Gasteiger charge is -2.15. The molecule has 6 nitrogen and oxygen atoms in total. The number of ether oxygens (including phenoxy) is 2. The number of benzene rings is 2. The number of carbonyl (C=O) groups excluding carboxylic acids is 2. The Morgan fingerprint density at radius 2 is 1.55 bits per heavy atom. The van der Waals surface area contributed by atoms with Crippen LogP contribution in [0.15, 0.2) is 60.7 Å². The van der Waals surface area contributed by atoms with E-state index < -0.39 is 12.2 Å². The molecular formula is C16H15NO5. The molecule has 0 atom stereocenters. The predicted molar refractivity (Wildman–Crippen MR) is 77.9 cm³/mol.